The Labute approximate surface area is 200 Å². The fourth-order valence-electron chi connectivity index (χ4n) is 5.76. The van der Waals surface area contributed by atoms with E-state index in [2.05, 4.69) is 125 Å². The second-order valence-electron chi connectivity index (χ2n) is 8.63. The Hall–Kier alpha value is -3.62. The van der Waals surface area contributed by atoms with Gasteiger partial charge in [-0.25, -0.2) is 0 Å². The molecule has 5 aromatic carbocycles. The Balaban J connectivity index is 1.72. The Kier molecular flexibility index (Phi) is 3.97. The van der Waals surface area contributed by atoms with Crippen LogP contribution in [-0.2, 0) is 5.41 Å². The van der Waals surface area contributed by atoms with Crippen molar-refractivity contribution in [2.75, 3.05) is 0 Å². The molecule has 7 rings (SSSR count). The maximum absolute atomic E-state index is 6.28. The second-order valence-corrected chi connectivity index (χ2v) is 9.54. The number of rotatable bonds is 2. The highest BCUT2D eigenvalue weighted by Crippen LogP contribution is 2.58. The highest BCUT2D eigenvalue weighted by atomic mass is 79.9. The van der Waals surface area contributed by atoms with Crippen molar-refractivity contribution in [2.45, 2.75) is 5.41 Å². The predicted octanol–water partition coefficient (Wildman–Crippen LogP) is 8.71. The van der Waals surface area contributed by atoms with Crippen LogP contribution in [0.5, 0.6) is 0 Å². The van der Waals surface area contributed by atoms with Crippen molar-refractivity contribution in [3.63, 3.8) is 0 Å². The van der Waals surface area contributed by atoms with E-state index in [4.69, 9.17) is 4.42 Å². The van der Waals surface area contributed by atoms with Crippen molar-refractivity contribution in [3.8, 4) is 11.1 Å². The summed E-state index contributed by atoms with van der Waals surface area (Å²) in [6.45, 7) is 0. The van der Waals surface area contributed by atoms with Gasteiger partial charge in [0.15, 0.2) is 0 Å². The maximum Gasteiger partial charge on any atom is 0.136 e. The first-order valence-electron chi connectivity index (χ1n) is 11.1. The molecule has 1 heterocycles. The first kappa shape index (κ1) is 18.9. The molecule has 0 N–H and O–H groups in total. The van der Waals surface area contributed by atoms with Crippen LogP contribution in [0.4, 0.5) is 0 Å². The molecule has 1 atom stereocenters. The number of hydrogen-bond acceptors (Lipinski definition) is 1. The smallest absolute Gasteiger partial charge is 0.136 e. The van der Waals surface area contributed by atoms with Gasteiger partial charge in [0, 0.05) is 15.2 Å². The average molecular weight is 487 g/mol. The standard InChI is InChI=1S/C31H19BrO/c32-22-16-14-21(15-17-22)31(20-8-2-1-3-9-20)25-12-6-4-10-23(25)29-26(31)18-19-28-30(29)24-11-5-7-13-27(24)33-28/h1-19H. The van der Waals surface area contributed by atoms with Crippen molar-refractivity contribution in [1.29, 1.82) is 0 Å². The third-order valence-corrected chi connectivity index (χ3v) is 7.56. The number of halogens is 1. The van der Waals surface area contributed by atoms with Crippen LogP contribution in [0.3, 0.4) is 0 Å². The zero-order valence-corrected chi connectivity index (χ0v) is 19.3. The number of fused-ring (bicyclic) bond motifs is 7. The van der Waals surface area contributed by atoms with Crippen molar-refractivity contribution in [3.05, 3.63) is 142 Å². The van der Waals surface area contributed by atoms with E-state index in [0.717, 1.165) is 15.6 Å². The van der Waals surface area contributed by atoms with Gasteiger partial charge in [0.2, 0.25) is 0 Å². The number of para-hydroxylation sites is 1. The summed E-state index contributed by atoms with van der Waals surface area (Å²) < 4.78 is 7.36. The average Bonchev–Trinajstić information content (AvgIpc) is 3.39. The number of furan rings is 1. The molecule has 0 radical (unpaired) electrons. The molecule has 0 aliphatic heterocycles. The van der Waals surface area contributed by atoms with Crippen LogP contribution < -0.4 is 0 Å². The molecular formula is C31H19BrO. The van der Waals surface area contributed by atoms with E-state index in [1.165, 1.54) is 44.2 Å². The van der Waals surface area contributed by atoms with Crippen LogP contribution in [-0.4, -0.2) is 0 Å². The minimum absolute atomic E-state index is 0.402. The Morgan fingerprint density at radius 3 is 2.09 bits per heavy atom. The monoisotopic (exact) mass is 486 g/mol. The summed E-state index contributed by atoms with van der Waals surface area (Å²) >= 11 is 3.63. The first-order valence-corrected chi connectivity index (χ1v) is 11.9. The van der Waals surface area contributed by atoms with Crippen LogP contribution in [0.15, 0.2) is 124 Å². The fourth-order valence-corrected chi connectivity index (χ4v) is 6.02. The Morgan fingerprint density at radius 2 is 1.24 bits per heavy atom. The summed E-state index contributed by atoms with van der Waals surface area (Å²) in [6.07, 6.45) is 0. The number of benzene rings is 5. The van der Waals surface area contributed by atoms with Gasteiger partial charge in [-0.3, -0.25) is 0 Å². The molecular weight excluding hydrogens is 468 g/mol. The van der Waals surface area contributed by atoms with Gasteiger partial charge in [0.25, 0.3) is 0 Å². The van der Waals surface area contributed by atoms with Gasteiger partial charge in [-0.1, -0.05) is 107 Å². The molecule has 6 aromatic rings. The van der Waals surface area contributed by atoms with Gasteiger partial charge in [-0.15, -0.1) is 0 Å². The van der Waals surface area contributed by atoms with E-state index in [1.807, 2.05) is 6.07 Å². The van der Waals surface area contributed by atoms with Crippen molar-refractivity contribution < 1.29 is 4.42 Å². The summed E-state index contributed by atoms with van der Waals surface area (Å²) in [5.74, 6) is 0. The largest absolute Gasteiger partial charge is 0.456 e. The Morgan fingerprint density at radius 1 is 0.545 bits per heavy atom. The summed E-state index contributed by atoms with van der Waals surface area (Å²) in [5, 5.41) is 2.37. The molecule has 0 spiro atoms. The summed E-state index contributed by atoms with van der Waals surface area (Å²) in [4.78, 5) is 0. The summed E-state index contributed by atoms with van der Waals surface area (Å²) in [5.41, 5.74) is 9.16. The second kappa shape index (κ2) is 6.94. The molecule has 1 nitrogen and oxygen atoms in total. The first-order chi connectivity index (χ1) is 16.3. The van der Waals surface area contributed by atoms with Gasteiger partial charge >= 0.3 is 0 Å². The zero-order valence-electron chi connectivity index (χ0n) is 17.8. The molecule has 0 amide bonds. The van der Waals surface area contributed by atoms with E-state index in [0.29, 0.717) is 0 Å². The summed E-state index contributed by atoms with van der Waals surface area (Å²) in [7, 11) is 0. The van der Waals surface area contributed by atoms with Gasteiger partial charge < -0.3 is 4.42 Å². The number of hydrogen-bond donors (Lipinski definition) is 0. The van der Waals surface area contributed by atoms with Crippen LogP contribution in [0.25, 0.3) is 33.1 Å². The van der Waals surface area contributed by atoms with Crippen molar-refractivity contribution in [2.24, 2.45) is 0 Å². The van der Waals surface area contributed by atoms with E-state index in [1.54, 1.807) is 0 Å². The van der Waals surface area contributed by atoms with Crippen molar-refractivity contribution in [1.82, 2.24) is 0 Å². The molecule has 1 aliphatic rings. The minimum Gasteiger partial charge on any atom is -0.456 e. The molecule has 0 saturated heterocycles. The van der Waals surface area contributed by atoms with Gasteiger partial charge in [0.05, 0.1) is 5.41 Å². The molecule has 1 aromatic heterocycles. The maximum atomic E-state index is 6.28. The lowest BCUT2D eigenvalue weighted by Gasteiger charge is -2.33. The predicted molar refractivity (Wildman–Crippen MR) is 139 cm³/mol. The lowest BCUT2D eigenvalue weighted by molar-refractivity contribution is 0.668. The quantitative estimate of drug-likeness (QED) is 0.238. The third kappa shape index (κ3) is 2.47. The van der Waals surface area contributed by atoms with Crippen LogP contribution in [0, 0.1) is 0 Å². The zero-order chi connectivity index (χ0) is 22.0. The van der Waals surface area contributed by atoms with Crippen LogP contribution >= 0.6 is 15.9 Å². The topological polar surface area (TPSA) is 13.1 Å². The van der Waals surface area contributed by atoms with E-state index in [-0.39, 0.29) is 0 Å². The minimum atomic E-state index is -0.402. The molecule has 2 heteroatoms. The van der Waals surface area contributed by atoms with Crippen LogP contribution in [0.1, 0.15) is 22.3 Å². The molecule has 1 aliphatic carbocycles. The van der Waals surface area contributed by atoms with Crippen LogP contribution in [0.2, 0.25) is 0 Å². The Bertz CT molecular complexity index is 1660. The van der Waals surface area contributed by atoms with Gasteiger partial charge in [0.1, 0.15) is 11.2 Å². The SMILES string of the molecule is Brc1ccc(C2(c3ccccc3)c3ccccc3-c3c2ccc2oc4ccccc4c32)cc1. The molecule has 0 bridgehead atoms. The lowest BCUT2D eigenvalue weighted by Crippen LogP contribution is -2.28. The molecule has 156 valence electrons. The van der Waals surface area contributed by atoms with E-state index >= 15 is 0 Å². The fraction of sp³-hybridized carbons (Fsp3) is 0.0323. The third-order valence-electron chi connectivity index (χ3n) is 7.03. The van der Waals surface area contributed by atoms with Crippen molar-refractivity contribution >= 4 is 37.9 Å². The molecule has 33 heavy (non-hydrogen) atoms. The highest BCUT2D eigenvalue weighted by molar-refractivity contribution is 9.10. The van der Waals surface area contributed by atoms with E-state index < -0.39 is 5.41 Å². The molecule has 1 unspecified atom stereocenters. The van der Waals surface area contributed by atoms with Gasteiger partial charge in [-0.2, -0.15) is 0 Å². The van der Waals surface area contributed by atoms with E-state index in [9.17, 15) is 0 Å². The summed E-state index contributed by atoms with van der Waals surface area (Å²) in [6, 6.07) is 41.3. The molecule has 0 saturated carbocycles. The normalized spacial score (nSPS) is 16.8. The highest BCUT2D eigenvalue weighted by Gasteiger charge is 2.46. The lowest BCUT2D eigenvalue weighted by atomic mass is 9.67. The van der Waals surface area contributed by atoms with Gasteiger partial charge in [-0.05, 0) is 57.6 Å². The molecule has 0 fully saturated rings.